The van der Waals surface area contributed by atoms with E-state index < -0.39 is 0 Å². The van der Waals surface area contributed by atoms with Gasteiger partial charge in [0.05, 0.1) is 34.9 Å². The molecule has 0 atom stereocenters. The maximum atomic E-state index is 13.2. The van der Waals surface area contributed by atoms with Gasteiger partial charge < -0.3 is 23.8 Å². The summed E-state index contributed by atoms with van der Waals surface area (Å²) in [6, 6.07) is 9.86. The molecule has 6 heteroatoms. The van der Waals surface area contributed by atoms with Crippen molar-refractivity contribution in [2.45, 2.75) is 38.6 Å². The second kappa shape index (κ2) is 9.74. The van der Waals surface area contributed by atoms with Crippen LogP contribution in [0, 0.1) is 0 Å². The number of carbonyl (C=O) groups is 1. The summed E-state index contributed by atoms with van der Waals surface area (Å²) in [5.41, 5.74) is 3.35. The second-order valence-electron chi connectivity index (χ2n) is 7.49. The van der Waals surface area contributed by atoms with E-state index in [0.717, 1.165) is 42.9 Å². The molecule has 1 aliphatic rings. The molecule has 0 aromatic heterocycles. The fourth-order valence-electron chi connectivity index (χ4n) is 4.16. The Balaban J connectivity index is 1.78. The molecule has 0 saturated carbocycles. The van der Waals surface area contributed by atoms with Gasteiger partial charge >= 0.3 is 0 Å². The average molecular weight is 414 g/mol. The normalized spacial score (nSPS) is 13.0. The molecule has 1 amide bonds. The minimum absolute atomic E-state index is 0.126. The van der Waals surface area contributed by atoms with Crippen molar-refractivity contribution in [2.24, 2.45) is 0 Å². The predicted octanol–water partition coefficient (Wildman–Crippen LogP) is 3.67. The molecular weight excluding hydrogens is 382 g/mol. The van der Waals surface area contributed by atoms with Crippen molar-refractivity contribution in [1.82, 2.24) is 4.90 Å². The number of hydrogen-bond donors (Lipinski definition) is 0. The number of rotatable bonds is 9. The molecule has 0 spiro atoms. The van der Waals surface area contributed by atoms with E-state index in [0.29, 0.717) is 17.9 Å². The highest BCUT2D eigenvalue weighted by atomic mass is 16.5. The van der Waals surface area contributed by atoms with Crippen LogP contribution >= 0.6 is 0 Å². The summed E-state index contributed by atoms with van der Waals surface area (Å²) in [5, 5.41) is 0. The van der Waals surface area contributed by atoms with Gasteiger partial charge in [0.25, 0.3) is 0 Å². The van der Waals surface area contributed by atoms with E-state index in [4.69, 9.17) is 18.9 Å². The largest absolute Gasteiger partial charge is 0.493 e. The molecule has 0 aliphatic heterocycles. The van der Waals surface area contributed by atoms with E-state index in [1.54, 1.807) is 28.4 Å². The van der Waals surface area contributed by atoms with Crippen LogP contribution in [0.1, 0.15) is 30.0 Å². The number of benzene rings is 2. The quantitative estimate of drug-likeness (QED) is 0.628. The van der Waals surface area contributed by atoms with Gasteiger partial charge in [-0.15, -0.1) is 0 Å². The standard InChI is InChI=1S/C24H31NO5/c1-6-9-25(24(26)11-16-7-8-20(27-2)21(10-16)28-3)19-12-17-14-22(29-4)23(30-5)15-18(17)13-19/h7-8,10,14-15,19H,6,9,11-13H2,1-5H3. The third kappa shape index (κ3) is 4.48. The van der Waals surface area contributed by atoms with Gasteiger partial charge in [-0.2, -0.15) is 0 Å². The van der Waals surface area contributed by atoms with E-state index in [9.17, 15) is 4.79 Å². The number of methoxy groups -OCH3 is 4. The first-order valence-electron chi connectivity index (χ1n) is 10.3. The molecule has 1 aliphatic carbocycles. The summed E-state index contributed by atoms with van der Waals surface area (Å²) in [4.78, 5) is 15.3. The van der Waals surface area contributed by atoms with Gasteiger partial charge in [0, 0.05) is 12.6 Å². The van der Waals surface area contributed by atoms with Crippen LogP contribution in [-0.4, -0.2) is 51.8 Å². The number of hydrogen-bond acceptors (Lipinski definition) is 5. The first kappa shape index (κ1) is 21.8. The van der Waals surface area contributed by atoms with Gasteiger partial charge in [-0.25, -0.2) is 0 Å². The second-order valence-corrected chi connectivity index (χ2v) is 7.49. The molecule has 0 bridgehead atoms. The van der Waals surface area contributed by atoms with Crippen molar-refractivity contribution in [3.05, 3.63) is 47.0 Å². The Morgan fingerprint density at radius 2 is 1.40 bits per heavy atom. The Labute approximate surface area is 178 Å². The molecular formula is C24H31NO5. The number of carbonyl (C=O) groups excluding carboxylic acids is 1. The zero-order valence-electron chi connectivity index (χ0n) is 18.5. The van der Waals surface area contributed by atoms with Gasteiger partial charge in [-0.3, -0.25) is 4.79 Å². The van der Waals surface area contributed by atoms with Gasteiger partial charge in [-0.05, 0) is 60.2 Å². The maximum absolute atomic E-state index is 13.2. The molecule has 2 aromatic carbocycles. The lowest BCUT2D eigenvalue weighted by Gasteiger charge is -2.29. The maximum Gasteiger partial charge on any atom is 0.227 e. The summed E-state index contributed by atoms with van der Waals surface area (Å²) in [7, 11) is 6.50. The molecule has 0 radical (unpaired) electrons. The number of ether oxygens (including phenoxy) is 4. The van der Waals surface area contributed by atoms with Crippen LogP contribution in [0.2, 0.25) is 0 Å². The minimum atomic E-state index is 0.126. The van der Waals surface area contributed by atoms with E-state index in [1.807, 2.05) is 35.2 Å². The lowest BCUT2D eigenvalue weighted by Crippen LogP contribution is -2.42. The molecule has 0 unspecified atom stereocenters. The summed E-state index contributed by atoms with van der Waals surface area (Å²) in [5.74, 6) is 2.89. The van der Waals surface area contributed by atoms with Crippen molar-refractivity contribution in [2.75, 3.05) is 35.0 Å². The van der Waals surface area contributed by atoms with Gasteiger partial charge in [0.15, 0.2) is 23.0 Å². The highest BCUT2D eigenvalue weighted by Crippen LogP contribution is 2.36. The van der Waals surface area contributed by atoms with Crippen LogP contribution in [0.4, 0.5) is 0 Å². The average Bonchev–Trinajstić information content (AvgIpc) is 3.18. The number of nitrogens with zero attached hydrogens (tertiary/aromatic N) is 1. The molecule has 0 saturated heterocycles. The molecule has 6 nitrogen and oxygen atoms in total. The zero-order valence-corrected chi connectivity index (χ0v) is 18.5. The summed E-state index contributed by atoms with van der Waals surface area (Å²) in [6.45, 7) is 2.84. The summed E-state index contributed by atoms with van der Waals surface area (Å²) in [6.07, 6.45) is 2.90. The van der Waals surface area contributed by atoms with Crippen molar-refractivity contribution in [3.63, 3.8) is 0 Å². The van der Waals surface area contributed by atoms with Crippen LogP contribution in [0.3, 0.4) is 0 Å². The molecule has 30 heavy (non-hydrogen) atoms. The SMILES string of the molecule is CCCN(C(=O)Cc1ccc(OC)c(OC)c1)C1Cc2cc(OC)c(OC)cc2C1. The van der Waals surface area contributed by atoms with Crippen molar-refractivity contribution < 1.29 is 23.7 Å². The Bertz CT molecular complexity index is 862. The third-order valence-electron chi connectivity index (χ3n) is 5.65. The lowest BCUT2D eigenvalue weighted by molar-refractivity contribution is -0.132. The molecule has 162 valence electrons. The number of fused-ring (bicyclic) bond motifs is 1. The Hall–Kier alpha value is -2.89. The van der Waals surface area contributed by atoms with E-state index in [-0.39, 0.29) is 11.9 Å². The highest BCUT2D eigenvalue weighted by Gasteiger charge is 2.31. The van der Waals surface area contributed by atoms with Crippen molar-refractivity contribution in [3.8, 4) is 23.0 Å². The fourth-order valence-corrected chi connectivity index (χ4v) is 4.16. The Morgan fingerprint density at radius 3 is 1.90 bits per heavy atom. The zero-order chi connectivity index (χ0) is 21.7. The molecule has 2 aromatic rings. The smallest absolute Gasteiger partial charge is 0.227 e. The monoisotopic (exact) mass is 413 g/mol. The minimum Gasteiger partial charge on any atom is -0.493 e. The van der Waals surface area contributed by atoms with Gasteiger partial charge in [0.1, 0.15) is 0 Å². The van der Waals surface area contributed by atoms with Crippen LogP contribution in [0.5, 0.6) is 23.0 Å². The van der Waals surface area contributed by atoms with Crippen molar-refractivity contribution in [1.29, 1.82) is 0 Å². The summed E-state index contributed by atoms with van der Waals surface area (Å²) < 4.78 is 21.6. The summed E-state index contributed by atoms with van der Waals surface area (Å²) >= 11 is 0. The highest BCUT2D eigenvalue weighted by molar-refractivity contribution is 5.79. The molecule has 0 fully saturated rings. The Morgan fingerprint density at radius 1 is 0.867 bits per heavy atom. The predicted molar refractivity (Wildman–Crippen MR) is 116 cm³/mol. The fraction of sp³-hybridized carbons (Fsp3) is 0.458. The lowest BCUT2D eigenvalue weighted by atomic mass is 10.1. The van der Waals surface area contributed by atoms with Crippen LogP contribution in [0.25, 0.3) is 0 Å². The topological polar surface area (TPSA) is 57.2 Å². The van der Waals surface area contributed by atoms with Crippen LogP contribution in [-0.2, 0) is 24.1 Å². The van der Waals surface area contributed by atoms with Crippen LogP contribution in [0.15, 0.2) is 30.3 Å². The Kier molecular flexibility index (Phi) is 7.08. The molecule has 0 N–H and O–H groups in total. The molecule has 3 rings (SSSR count). The van der Waals surface area contributed by atoms with E-state index in [1.165, 1.54) is 11.1 Å². The molecule has 0 heterocycles. The first-order valence-corrected chi connectivity index (χ1v) is 10.3. The third-order valence-corrected chi connectivity index (χ3v) is 5.65. The van der Waals surface area contributed by atoms with E-state index >= 15 is 0 Å². The first-order chi connectivity index (χ1) is 14.5. The van der Waals surface area contributed by atoms with E-state index in [2.05, 4.69) is 6.92 Å². The van der Waals surface area contributed by atoms with Gasteiger partial charge in [-0.1, -0.05) is 13.0 Å². The number of amides is 1. The van der Waals surface area contributed by atoms with Crippen molar-refractivity contribution >= 4 is 5.91 Å². The van der Waals surface area contributed by atoms with Gasteiger partial charge in [0.2, 0.25) is 5.91 Å². The van der Waals surface area contributed by atoms with Crippen LogP contribution < -0.4 is 18.9 Å².